The van der Waals surface area contributed by atoms with Gasteiger partial charge in [-0.1, -0.05) is 6.07 Å². The van der Waals surface area contributed by atoms with E-state index in [0.717, 1.165) is 0 Å². The summed E-state index contributed by atoms with van der Waals surface area (Å²) in [4.78, 5) is 16.4. The second-order valence-corrected chi connectivity index (χ2v) is 6.63. The summed E-state index contributed by atoms with van der Waals surface area (Å²) >= 11 is 0. The van der Waals surface area contributed by atoms with Gasteiger partial charge < -0.3 is 19.7 Å². The highest BCUT2D eigenvalue weighted by Gasteiger charge is 2.22. The molecular weight excluding hydrogens is 363 g/mol. The highest BCUT2D eigenvalue weighted by molar-refractivity contribution is 5.92. The number of carbonyl (C=O) groups excluding carboxylic acids is 1. The van der Waals surface area contributed by atoms with Gasteiger partial charge in [0, 0.05) is 37.9 Å². The van der Waals surface area contributed by atoms with Crippen LogP contribution in [0.25, 0.3) is 0 Å². The first-order valence-corrected chi connectivity index (χ1v) is 8.99. The number of piperazine rings is 1. The van der Waals surface area contributed by atoms with Crippen LogP contribution in [0.15, 0.2) is 36.4 Å². The lowest BCUT2D eigenvalue weighted by molar-refractivity contribution is -0.117. The predicted molar refractivity (Wildman–Crippen MR) is 101 cm³/mol. The van der Waals surface area contributed by atoms with Crippen LogP contribution in [0.2, 0.25) is 0 Å². The maximum atomic E-state index is 13.8. The molecule has 0 atom stereocenters. The Hall–Kier alpha value is -3.31. The van der Waals surface area contributed by atoms with E-state index in [1.54, 1.807) is 30.3 Å². The SMILES string of the molecule is N#Cc1c(F)cccc1N1CCN(CC(=O)Nc2ccc3c(c2)OCO3)CC1. The maximum absolute atomic E-state index is 13.8. The third-order valence-corrected chi connectivity index (χ3v) is 4.84. The molecule has 1 amide bonds. The number of anilines is 2. The minimum atomic E-state index is -0.509. The molecule has 2 heterocycles. The molecule has 0 spiro atoms. The van der Waals surface area contributed by atoms with E-state index in [9.17, 15) is 14.4 Å². The number of benzene rings is 2. The third kappa shape index (κ3) is 3.70. The van der Waals surface area contributed by atoms with E-state index in [4.69, 9.17) is 9.47 Å². The largest absolute Gasteiger partial charge is 0.454 e. The molecule has 7 nitrogen and oxygen atoms in total. The van der Waals surface area contributed by atoms with Crippen molar-refractivity contribution < 1.29 is 18.7 Å². The van der Waals surface area contributed by atoms with Crippen molar-refractivity contribution in [1.82, 2.24) is 4.90 Å². The molecule has 2 aliphatic heterocycles. The van der Waals surface area contributed by atoms with Crippen LogP contribution in [0.5, 0.6) is 11.5 Å². The van der Waals surface area contributed by atoms with Crippen LogP contribution in [0.3, 0.4) is 0 Å². The van der Waals surface area contributed by atoms with E-state index in [0.29, 0.717) is 49.1 Å². The monoisotopic (exact) mass is 382 g/mol. The quantitative estimate of drug-likeness (QED) is 0.874. The van der Waals surface area contributed by atoms with Crippen molar-refractivity contribution in [2.45, 2.75) is 0 Å². The predicted octanol–water partition coefficient (Wildman–Crippen LogP) is 2.19. The van der Waals surface area contributed by atoms with Gasteiger partial charge in [0.15, 0.2) is 11.5 Å². The molecule has 0 radical (unpaired) electrons. The zero-order valence-corrected chi connectivity index (χ0v) is 15.2. The summed E-state index contributed by atoms with van der Waals surface area (Å²) in [5.74, 6) is 0.666. The number of rotatable bonds is 4. The molecule has 28 heavy (non-hydrogen) atoms. The highest BCUT2D eigenvalue weighted by atomic mass is 19.1. The molecule has 0 saturated carbocycles. The van der Waals surface area contributed by atoms with E-state index < -0.39 is 5.82 Å². The second kappa shape index (κ2) is 7.74. The summed E-state index contributed by atoms with van der Waals surface area (Å²) in [6.45, 7) is 2.99. The molecule has 4 rings (SSSR count). The summed E-state index contributed by atoms with van der Waals surface area (Å²) < 4.78 is 24.4. The molecule has 0 bridgehead atoms. The average molecular weight is 382 g/mol. The number of carbonyl (C=O) groups is 1. The van der Waals surface area contributed by atoms with Gasteiger partial charge in [-0.15, -0.1) is 0 Å². The topological polar surface area (TPSA) is 77.8 Å². The number of ether oxygens (including phenoxy) is 2. The van der Waals surface area contributed by atoms with Gasteiger partial charge in [-0.3, -0.25) is 9.69 Å². The zero-order valence-electron chi connectivity index (χ0n) is 15.2. The smallest absolute Gasteiger partial charge is 0.238 e. The molecule has 2 aromatic carbocycles. The van der Waals surface area contributed by atoms with Crippen LogP contribution in [0.1, 0.15) is 5.56 Å². The molecule has 0 aliphatic carbocycles. The third-order valence-electron chi connectivity index (χ3n) is 4.84. The Kier molecular flexibility index (Phi) is 5.00. The fraction of sp³-hybridized carbons (Fsp3) is 0.300. The van der Waals surface area contributed by atoms with Gasteiger partial charge in [-0.25, -0.2) is 4.39 Å². The number of fused-ring (bicyclic) bond motifs is 1. The van der Waals surface area contributed by atoms with E-state index >= 15 is 0 Å². The maximum Gasteiger partial charge on any atom is 0.238 e. The minimum absolute atomic E-state index is 0.0662. The summed E-state index contributed by atoms with van der Waals surface area (Å²) in [5.41, 5.74) is 1.33. The molecule has 2 aromatic rings. The fourth-order valence-electron chi connectivity index (χ4n) is 3.41. The molecular formula is C20H19FN4O3. The molecule has 1 fully saturated rings. The number of nitrogens with zero attached hydrogens (tertiary/aromatic N) is 3. The first-order chi connectivity index (χ1) is 13.6. The second-order valence-electron chi connectivity index (χ2n) is 6.63. The van der Waals surface area contributed by atoms with Crippen LogP contribution >= 0.6 is 0 Å². The summed E-state index contributed by atoms with van der Waals surface area (Å²) in [6.07, 6.45) is 0. The van der Waals surface area contributed by atoms with Gasteiger partial charge in [0.1, 0.15) is 17.4 Å². The Labute approximate surface area is 161 Å². The number of hydrogen-bond donors (Lipinski definition) is 1. The Bertz CT molecular complexity index is 936. The van der Waals surface area contributed by atoms with Crippen LogP contribution in [-0.4, -0.2) is 50.3 Å². The Morgan fingerprint density at radius 2 is 1.93 bits per heavy atom. The van der Waals surface area contributed by atoms with Crippen molar-refractivity contribution in [3.63, 3.8) is 0 Å². The average Bonchev–Trinajstić information content (AvgIpc) is 3.16. The van der Waals surface area contributed by atoms with Crippen LogP contribution < -0.4 is 19.7 Å². The normalized spacial score (nSPS) is 15.9. The van der Waals surface area contributed by atoms with Crippen molar-refractivity contribution in [2.75, 3.05) is 49.7 Å². The molecule has 144 valence electrons. The van der Waals surface area contributed by atoms with Crippen LogP contribution in [-0.2, 0) is 4.79 Å². The summed E-state index contributed by atoms with van der Waals surface area (Å²) in [5, 5.41) is 12.1. The van der Waals surface area contributed by atoms with E-state index in [1.807, 2.05) is 15.9 Å². The van der Waals surface area contributed by atoms with Crippen molar-refractivity contribution in [3.05, 3.63) is 47.8 Å². The van der Waals surface area contributed by atoms with Crippen LogP contribution in [0, 0.1) is 17.1 Å². The molecule has 1 N–H and O–H groups in total. The Morgan fingerprint density at radius 3 is 2.71 bits per heavy atom. The van der Waals surface area contributed by atoms with Gasteiger partial charge in [0.25, 0.3) is 0 Å². The Balaban J connectivity index is 1.32. The van der Waals surface area contributed by atoms with Crippen molar-refractivity contribution in [1.29, 1.82) is 5.26 Å². The summed E-state index contributed by atoms with van der Waals surface area (Å²) in [7, 11) is 0. The van der Waals surface area contributed by atoms with Crippen LogP contribution in [0.4, 0.5) is 15.8 Å². The first kappa shape index (κ1) is 18.1. The number of amides is 1. The number of halogens is 1. The van der Waals surface area contributed by atoms with E-state index in [1.165, 1.54) is 6.07 Å². The first-order valence-electron chi connectivity index (χ1n) is 8.99. The molecule has 0 unspecified atom stereocenters. The highest BCUT2D eigenvalue weighted by Crippen LogP contribution is 2.34. The number of nitriles is 1. The van der Waals surface area contributed by atoms with Crippen molar-refractivity contribution >= 4 is 17.3 Å². The minimum Gasteiger partial charge on any atom is -0.454 e. The molecule has 8 heteroatoms. The summed E-state index contributed by atoms with van der Waals surface area (Å²) in [6, 6.07) is 11.9. The molecule has 2 aliphatic rings. The fourth-order valence-corrected chi connectivity index (χ4v) is 3.41. The van der Waals surface area contributed by atoms with Gasteiger partial charge >= 0.3 is 0 Å². The van der Waals surface area contributed by atoms with Gasteiger partial charge in [-0.05, 0) is 24.3 Å². The van der Waals surface area contributed by atoms with E-state index in [-0.39, 0.29) is 24.8 Å². The van der Waals surface area contributed by atoms with E-state index in [2.05, 4.69) is 5.32 Å². The number of nitrogens with one attached hydrogen (secondary N) is 1. The van der Waals surface area contributed by atoms with Gasteiger partial charge in [0.05, 0.1) is 12.2 Å². The molecule has 1 saturated heterocycles. The zero-order chi connectivity index (χ0) is 19.5. The number of hydrogen-bond acceptors (Lipinski definition) is 6. The van der Waals surface area contributed by atoms with Gasteiger partial charge in [0.2, 0.25) is 12.7 Å². The van der Waals surface area contributed by atoms with Crippen molar-refractivity contribution in [2.24, 2.45) is 0 Å². The van der Waals surface area contributed by atoms with Gasteiger partial charge in [-0.2, -0.15) is 5.26 Å². The lowest BCUT2D eigenvalue weighted by Gasteiger charge is -2.36. The lowest BCUT2D eigenvalue weighted by atomic mass is 10.1. The van der Waals surface area contributed by atoms with Crippen molar-refractivity contribution in [3.8, 4) is 17.6 Å². The standard InChI is InChI=1S/C20H19FN4O3/c21-16-2-1-3-17(15(16)11-22)25-8-6-24(7-9-25)12-20(26)23-14-4-5-18-19(10-14)28-13-27-18/h1-5,10H,6-9,12-13H2,(H,23,26). The Morgan fingerprint density at radius 1 is 1.14 bits per heavy atom. The molecule has 0 aromatic heterocycles. The lowest BCUT2D eigenvalue weighted by Crippen LogP contribution is -2.48.